The van der Waals surface area contributed by atoms with Crippen LogP contribution in [0, 0.1) is 5.92 Å². The lowest BCUT2D eigenvalue weighted by Gasteiger charge is -2.26. The number of hydrogen-bond acceptors (Lipinski definition) is 2. The van der Waals surface area contributed by atoms with Gasteiger partial charge >= 0.3 is 0 Å². The van der Waals surface area contributed by atoms with Gasteiger partial charge in [-0.2, -0.15) is 0 Å². The molecule has 3 heteroatoms. The molecule has 0 unspecified atom stereocenters. The molecule has 1 aliphatic rings. The van der Waals surface area contributed by atoms with Gasteiger partial charge in [0.25, 0.3) is 0 Å². The first kappa shape index (κ1) is 14.3. The maximum atomic E-state index is 4.90. The molecule has 1 heterocycles. The van der Waals surface area contributed by atoms with E-state index in [1.807, 2.05) is 17.4 Å². The predicted octanol–water partition coefficient (Wildman–Crippen LogP) is 6.26. The van der Waals surface area contributed by atoms with Gasteiger partial charge in [-0.05, 0) is 37.7 Å². The number of thiazole rings is 1. The Morgan fingerprint density at radius 2 is 1.95 bits per heavy atom. The van der Waals surface area contributed by atoms with E-state index in [1.165, 1.54) is 42.7 Å². The molecule has 1 saturated carbocycles. The summed E-state index contributed by atoms with van der Waals surface area (Å²) in [5.74, 6) is 1.65. The second kappa shape index (κ2) is 6.40. The summed E-state index contributed by atoms with van der Waals surface area (Å²) in [7, 11) is 0. The molecule has 0 radical (unpaired) electrons. The van der Waals surface area contributed by atoms with Crippen LogP contribution in [-0.2, 0) is 0 Å². The molecule has 1 nitrogen and oxygen atoms in total. The van der Waals surface area contributed by atoms with Gasteiger partial charge in [-0.25, -0.2) is 4.98 Å². The maximum Gasteiger partial charge on any atom is 0.0963 e. The maximum absolute atomic E-state index is 4.90. The average molecular weight is 350 g/mol. The summed E-state index contributed by atoms with van der Waals surface area (Å²) < 4.78 is 1.13. The Hall–Kier alpha value is -0.670. The van der Waals surface area contributed by atoms with E-state index in [4.69, 9.17) is 4.98 Å². The first-order valence-corrected chi connectivity index (χ1v) is 9.15. The lowest BCUT2D eigenvalue weighted by molar-refractivity contribution is 0.318. The first-order valence-electron chi connectivity index (χ1n) is 7.48. The highest BCUT2D eigenvalue weighted by Gasteiger charge is 2.23. The summed E-state index contributed by atoms with van der Waals surface area (Å²) in [6, 6.07) is 8.34. The van der Waals surface area contributed by atoms with Gasteiger partial charge in [0.2, 0.25) is 0 Å². The molecule has 0 atom stereocenters. The van der Waals surface area contributed by atoms with Crippen LogP contribution in [0.2, 0.25) is 0 Å². The number of halogens is 1. The van der Waals surface area contributed by atoms with E-state index in [1.54, 1.807) is 0 Å². The molecule has 3 rings (SSSR count). The third kappa shape index (κ3) is 2.99. The summed E-state index contributed by atoms with van der Waals surface area (Å²) in [6.07, 6.45) is 6.74. The Morgan fingerprint density at radius 3 is 2.65 bits per heavy atom. The average Bonchev–Trinajstić information content (AvgIpc) is 2.97. The zero-order valence-corrected chi connectivity index (χ0v) is 14.2. The number of nitrogens with zero attached hydrogens (tertiary/aromatic N) is 1. The largest absolute Gasteiger partial charge is 0.241 e. The van der Waals surface area contributed by atoms with Crippen LogP contribution in [0.25, 0.3) is 11.3 Å². The van der Waals surface area contributed by atoms with E-state index >= 15 is 0 Å². The van der Waals surface area contributed by atoms with Crippen molar-refractivity contribution in [3.8, 4) is 11.3 Å². The van der Waals surface area contributed by atoms with Gasteiger partial charge in [0.15, 0.2) is 0 Å². The summed E-state index contributed by atoms with van der Waals surface area (Å²) >= 11 is 5.46. The van der Waals surface area contributed by atoms with Gasteiger partial charge in [0.05, 0.1) is 10.7 Å². The van der Waals surface area contributed by atoms with Gasteiger partial charge in [0, 0.05) is 21.3 Å². The van der Waals surface area contributed by atoms with Crippen molar-refractivity contribution in [2.24, 2.45) is 5.92 Å². The van der Waals surface area contributed by atoms with Crippen LogP contribution < -0.4 is 0 Å². The van der Waals surface area contributed by atoms with Crippen LogP contribution in [0.1, 0.15) is 50.0 Å². The topological polar surface area (TPSA) is 12.9 Å². The van der Waals surface area contributed by atoms with Gasteiger partial charge in [-0.15, -0.1) is 11.3 Å². The Labute approximate surface area is 133 Å². The van der Waals surface area contributed by atoms with Crippen molar-refractivity contribution in [1.82, 2.24) is 4.98 Å². The van der Waals surface area contributed by atoms with Crippen molar-refractivity contribution < 1.29 is 0 Å². The van der Waals surface area contributed by atoms with Crippen molar-refractivity contribution in [3.63, 3.8) is 0 Å². The second-order valence-corrected chi connectivity index (χ2v) is 7.42. The van der Waals surface area contributed by atoms with Crippen molar-refractivity contribution in [2.75, 3.05) is 0 Å². The van der Waals surface area contributed by atoms with Crippen LogP contribution in [-0.4, -0.2) is 4.98 Å². The van der Waals surface area contributed by atoms with Crippen molar-refractivity contribution >= 4 is 27.3 Å². The number of benzene rings is 1. The second-order valence-electron chi connectivity index (χ2n) is 5.68. The fourth-order valence-corrected chi connectivity index (χ4v) is 4.56. The third-order valence-corrected chi connectivity index (χ3v) is 6.14. The molecule has 0 N–H and O–H groups in total. The lowest BCUT2D eigenvalue weighted by atomic mass is 9.81. The number of aromatic nitrogens is 1. The van der Waals surface area contributed by atoms with Gasteiger partial charge in [0.1, 0.15) is 0 Å². The summed E-state index contributed by atoms with van der Waals surface area (Å²) in [4.78, 5) is 4.90. The van der Waals surface area contributed by atoms with Crippen LogP contribution in [0.4, 0.5) is 0 Å². The monoisotopic (exact) mass is 349 g/mol. The molecule has 1 aliphatic carbocycles. The molecule has 106 valence electrons. The molecule has 0 spiro atoms. The van der Waals surface area contributed by atoms with E-state index in [0.717, 1.165) is 16.1 Å². The number of rotatable bonds is 3. The minimum Gasteiger partial charge on any atom is -0.241 e. The quantitative estimate of drug-likeness (QED) is 0.637. The standard InChI is InChI=1S/C17H20BrNS/c1-2-12-7-9-13(10-8-12)17-19-16(11-20-17)14-5-3-4-6-15(14)18/h3-6,11-13H,2,7-10H2,1H3. The molecule has 1 aromatic carbocycles. The van der Waals surface area contributed by atoms with Crippen molar-refractivity contribution in [1.29, 1.82) is 0 Å². The first-order chi connectivity index (χ1) is 9.78. The molecule has 0 saturated heterocycles. The highest BCUT2D eigenvalue weighted by atomic mass is 79.9. The molecule has 0 bridgehead atoms. The number of hydrogen-bond donors (Lipinski definition) is 0. The van der Waals surface area contributed by atoms with Gasteiger partial charge in [-0.1, -0.05) is 47.5 Å². The van der Waals surface area contributed by atoms with E-state index in [2.05, 4.69) is 46.4 Å². The molecule has 1 aromatic heterocycles. The zero-order valence-electron chi connectivity index (χ0n) is 11.8. The Kier molecular flexibility index (Phi) is 4.57. The third-order valence-electron chi connectivity index (χ3n) is 4.45. The minimum absolute atomic E-state index is 0.694. The van der Waals surface area contributed by atoms with Crippen LogP contribution in [0.15, 0.2) is 34.1 Å². The zero-order chi connectivity index (χ0) is 13.9. The normalized spacial score (nSPS) is 22.9. The Bertz CT molecular complexity index is 570. The van der Waals surface area contributed by atoms with Crippen LogP contribution >= 0.6 is 27.3 Å². The molecule has 1 fully saturated rings. The Balaban J connectivity index is 1.76. The summed E-state index contributed by atoms with van der Waals surface area (Å²) in [5, 5.41) is 3.55. The minimum atomic E-state index is 0.694. The van der Waals surface area contributed by atoms with E-state index in [9.17, 15) is 0 Å². The van der Waals surface area contributed by atoms with Gasteiger partial charge in [-0.3, -0.25) is 0 Å². The highest BCUT2D eigenvalue weighted by molar-refractivity contribution is 9.10. The SMILES string of the molecule is CCC1CCC(c2nc(-c3ccccc3Br)cs2)CC1. The molecular formula is C17H20BrNS. The molecule has 0 aliphatic heterocycles. The lowest BCUT2D eigenvalue weighted by Crippen LogP contribution is -2.12. The van der Waals surface area contributed by atoms with Crippen LogP contribution in [0.3, 0.4) is 0 Å². The fraction of sp³-hybridized carbons (Fsp3) is 0.471. The fourth-order valence-electron chi connectivity index (χ4n) is 3.09. The predicted molar refractivity (Wildman–Crippen MR) is 90.2 cm³/mol. The molecular weight excluding hydrogens is 330 g/mol. The summed E-state index contributed by atoms with van der Waals surface area (Å²) in [6.45, 7) is 2.32. The van der Waals surface area contributed by atoms with E-state index in [0.29, 0.717) is 5.92 Å². The molecule has 0 amide bonds. The summed E-state index contributed by atoms with van der Waals surface area (Å²) in [5.41, 5.74) is 2.33. The van der Waals surface area contributed by atoms with E-state index < -0.39 is 0 Å². The molecule has 20 heavy (non-hydrogen) atoms. The van der Waals surface area contributed by atoms with E-state index in [-0.39, 0.29) is 0 Å². The molecule has 2 aromatic rings. The highest BCUT2D eigenvalue weighted by Crippen LogP contribution is 2.39. The van der Waals surface area contributed by atoms with Crippen molar-refractivity contribution in [3.05, 3.63) is 39.1 Å². The van der Waals surface area contributed by atoms with Crippen molar-refractivity contribution in [2.45, 2.75) is 44.9 Å². The van der Waals surface area contributed by atoms with Gasteiger partial charge < -0.3 is 0 Å². The smallest absolute Gasteiger partial charge is 0.0963 e. The Morgan fingerprint density at radius 1 is 1.20 bits per heavy atom. The van der Waals surface area contributed by atoms with Crippen LogP contribution in [0.5, 0.6) is 0 Å².